The minimum absolute atomic E-state index is 0.127. The van der Waals surface area contributed by atoms with Crippen LogP contribution in [0.1, 0.15) is 47.5 Å². The topological polar surface area (TPSA) is 70.2 Å². The van der Waals surface area contributed by atoms with Gasteiger partial charge in [0.25, 0.3) is 0 Å². The molecule has 5 heteroatoms. The molecular weight excluding hydrogens is 218 g/mol. The second kappa shape index (κ2) is 4.64. The molecule has 1 fully saturated rings. The highest BCUT2D eigenvalue weighted by Crippen LogP contribution is 2.26. The van der Waals surface area contributed by atoms with Crippen LogP contribution in [0.4, 0.5) is 0 Å². The fourth-order valence-electron chi connectivity index (χ4n) is 2.40. The maximum atomic E-state index is 11.9. The lowest BCUT2D eigenvalue weighted by molar-refractivity contribution is -0.126. The highest BCUT2D eigenvalue weighted by molar-refractivity contribution is 5.91. The van der Waals surface area contributed by atoms with E-state index in [0.29, 0.717) is 0 Å². The van der Waals surface area contributed by atoms with Gasteiger partial charge in [0, 0.05) is 5.54 Å². The lowest BCUT2D eigenvalue weighted by Crippen LogP contribution is -2.52. The van der Waals surface area contributed by atoms with E-state index in [1.54, 1.807) is 0 Å². The lowest BCUT2D eigenvalue weighted by Gasteiger charge is -2.34. The van der Waals surface area contributed by atoms with Crippen LogP contribution < -0.4 is 16.2 Å². The summed E-state index contributed by atoms with van der Waals surface area (Å²) in [6, 6.07) is -0.457. The molecule has 0 bridgehead atoms. The Bertz CT molecular complexity index is 318. The third kappa shape index (κ3) is 4.73. The number of carbonyl (C=O) groups excluding carboxylic acids is 2. The molecule has 2 amide bonds. The van der Waals surface area contributed by atoms with Crippen molar-refractivity contribution >= 4 is 11.8 Å². The van der Waals surface area contributed by atoms with Gasteiger partial charge in [-0.3, -0.25) is 15.0 Å². The van der Waals surface area contributed by atoms with E-state index in [4.69, 9.17) is 0 Å². The Kier molecular flexibility index (Phi) is 3.81. The summed E-state index contributed by atoms with van der Waals surface area (Å²) in [6.45, 7) is 10.4. The van der Waals surface area contributed by atoms with Crippen LogP contribution in [0.2, 0.25) is 0 Å². The molecule has 0 aromatic rings. The van der Waals surface area contributed by atoms with Crippen molar-refractivity contribution in [1.82, 2.24) is 16.2 Å². The van der Waals surface area contributed by atoms with Gasteiger partial charge in [-0.15, -0.1) is 0 Å². The highest BCUT2D eigenvalue weighted by Gasteiger charge is 2.33. The molecule has 5 nitrogen and oxygen atoms in total. The number of hydrogen-bond donors (Lipinski definition) is 3. The van der Waals surface area contributed by atoms with Gasteiger partial charge in [0.1, 0.15) is 6.04 Å². The molecular formula is C12H23N3O2. The zero-order chi connectivity index (χ0) is 13.3. The first kappa shape index (κ1) is 14.0. The standard InChI is InChI=1S/C12H23N3O2/c1-11(2,3)7-12(4,5)13-10(17)8-6-9(16)15-14-8/h8,14H,6-7H2,1-5H3,(H,13,17)(H,15,16). The third-order valence-electron chi connectivity index (χ3n) is 2.53. The van der Waals surface area contributed by atoms with Crippen LogP contribution in [0, 0.1) is 5.41 Å². The summed E-state index contributed by atoms with van der Waals surface area (Å²) in [4.78, 5) is 22.9. The van der Waals surface area contributed by atoms with Crippen molar-refractivity contribution in [2.24, 2.45) is 5.41 Å². The summed E-state index contributed by atoms with van der Waals surface area (Å²) >= 11 is 0. The van der Waals surface area contributed by atoms with Crippen LogP contribution >= 0.6 is 0 Å². The Morgan fingerprint density at radius 1 is 1.35 bits per heavy atom. The molecule has 1 aliphatic rings. The predicted octanol–water partition coefficient (Wildman–Crippen LogP) is 0.711. The van der Waals surface area contributed by atoms with Crippen molar-refractivity contribution in [2.75, 3.05) is 0 Å². The molecule has 0 radical (unpaired) electrons. The second-order valence-corrected chi connectivity index (χ2v) is 6.56. The summed E-state index contributed by atoms with van der Waals surface area (Å²) in [5.41, 5.74) is 4.99. The van der Waals surface area contributed by atoms with Crippen molar-refractivity contribution in [3.8, 4) is 0 Å². The predicted molar refractivity (Wildman–Crippen MR) is 66.0 cm³/mol. The zero-order valence-electron chi connectivity index (χ0n) is 11.3. The van der Waals surface area contributed by atoms with Crippen LogP contribution in [-0.4, -0.2) is 23.4 Å². The van der Waals surface area contributed by atoms with Crippen LogP contribution in [-0.2, 0) is 9.59 Å². The molecule has 3 N–H and O–H groups in total. The summed E-state index contributed by atoms with van der Waals surface area (Å²) in [5.74, 6) is -0.267. The van der Waals surface area contributed by atoms with E-state index in [1.165, 1.54) is 0 Å². The fourth-order valence-corrected chi connectivity index (χ4v) is 2.40. The molecule has 1 rings (SSSR count). The average molecular weight is 241 g/mol. The van der Waals surface area contributed by atoms with Gasteiger partial charge in [-0.05, 0) is 25.7 Å². The molecule has 1 unspecified atom stereocenters. The highest BCUT2D eigenvalue weighted by atomic mass is 16.2. The second-order valence-electron chi connectivity index (χ2n) is 6.56. The molecule has 0 saturated carbocycles. The van der Waals surface area contributed by atoms with Crippen molar-refractivity contribution < 1.29 is 9.59 Å². The van der Waals surface area contributed by atoms with E-state index in [0.717, 1.165) is 6.42 Å². The van der Waals surface area contributed by atoms with Crippen molar-refractivity contribution in [1.29, 1.82) is 0 Å². The molecule has 1 heterocycles. The van der Waals surface area contributed by atoms with Gasteiger partial charge in [0.2, 0.25) is 11.8 Å². The largest absolute Gasteiger partial charge is 0.350 e. The number of hydrazine groups is 1. The van der Waals surface area contributed by atoms with Gasteiger partial charge in [-0.25, -0.2) is 5.43 Å². The van der Waals surface area contributed by atoms with Gasteiger partial charge in [0.15, 0.2) is 0 Å². The van der Waals surface area contributed by atoms with Gasteiger partial charge in [-0.2, -0.15) is 0 Å². The van der Waals surface area contributed by atoms with E-state index in [1.807, 2.05) is 13.8 Å². The molecule has 17 heavy (non-hydrogen) atoms. The van der Waals surface area contributed by atoms with Crippen LogP contribution in [0.15, 0.2) is 0 Å². The SMILES string of the molecule is CC(C)(C)CC(C)(C)NC(=O)C1CC(=O)NN1. The maximum absolute atomic E-state index is 11.9. The summed E-state index contributed by atoms with van der Waals surface area (Å²) in [6.07, 6.45) is 1.08. The molecule has 1 saturated heterocycles. The lowest BCUT2D eigenvalue weighted by atomic mass is 9.81. The monoisotopic (exact) mass is 241 g/mol. The first-order chi connectivity index (χ1) is 7.59. The third-order valence-corrected chi connectivity index (χ3v) is 2.53. The van der Waals surface area contributed by atoms with E-state index >= 15 is 0 Å². The van der Waals surface area contributed by atoms with Crippen LogP contribution in [0.25, 0.3) is 0 Å². The molecule has 0 spiro atoms. The molecule has 0 aliphatic carbocycles. The number of hydrogen-bond acceptors (Lipinski definition) is 3. The molecule has 0 aromatic carbocycles. The normalized spacial score (nSPS) is 21.2. The number of carbonyl (C=O) groups is 2. The van der Waals surface area contributed by atoms with Crippen molar-refractivity contribution in [3.05, 3.63) is 0 Å². The molecule has 98 valence electrons. The van der Waals surface area contributed by atoms with Gasteiger partial charge in [0.05, 0.1) is 6.42 Å². The van der Waals surface area contributed by atoms with Crippen LogP contribution in [0.3, 0.4) is 0 Å². The quantitative estimate of drug-likeness (QED) is 0.681. The maximum Gasteiger partial charge on any atom is 0.239 e. The first-order valence-electron chi connectivity index (χ1n) is 5.95. The Morgan fingerprint density at radius 2 is 1.94 bits per heavy atom. The molecule has 0 aromatic heterocycles. The van der Waals surface area contributed by atoms with Gasteiger partial charge in [-0.1, -0.05) is 20.8 Å². The number of amides is 2. The van der Waals surface area contributed by atoms with Crippen LogP contribution in [0.5, 0.6) is 0 Å². The summed E-state index contributed by atoms with van der Waals surface area (Å²) in [7, 11) is 0. The fraction of sp³-hybridized carbons (Fsp3) is 0.833. The minimum atomic E-state index is -0.457. The minimum Gasteiger partial charge on any atom is -0.350 e. The smallest absolute Gasteiger partial charge is 0.239 e. The molecule has 1 aliphatic heterocycles. The Labute approximate surface area is 103 Å². The van der Waals surface area contributed by atoms with Crippen molar-refractivity contribution in [3.63, 3.8) is 0 Å². The van der Waals surface area contributed by atoms with E-state index in [2.05, 4.69) is 36.9 Å². The van der Waals surface area contributed by atoms with E-state index in [9.17, 15) is 9.59 Å². The van der Waals surface area contributed by atoms with E-state index in [-0.39, 0.29) is 29.2 Å². The Hall–Kier alpha value is -1.10. The number of nitrogens with one attached hydrogen (secondary N) is 3. The Balaban J connectivity index is 2.52. The number of rotatable bonds is 3. The Morgan fingerprint density at radius 3 is 2.35 bits per heavy atom. The molecule has 1 atom stereocenters. The summed E-state index contributed by atoms with van der Waals surface area (Å²) in [5, 5.41) is 2.98. The zero-order valence-corrected chi connectivity index (χ0v) is 11.3. The van der Waals surface area contributed by atoms with Crippen molar-refractivity contribution in [2.45, 2.75) is 59.0 Å². The summed E-state index contributed by atoms with van der Waals surface area (Å²) < 4.78 is 0. The van der Waals surface area contributed by atoms with Gasteiger partial charge < -0.3 is 5.32 Å². The van der Waals surface area contributed by atoms with E-state index < -0.39 is 6.04 Å². The first-order valence-corrected chi connectivity index (χ1v) is 5.95. The average Bonchev–Trinajstić information content (AvgIpc) is 2.45. The van der Waals surface area contributed by atoms with Gasteiger partial charge >= 0.3 is 0 Å².